The molecule has 2 aromatic heterocycles. The zero-order valence-electron chi connectivity index (χ0n) is 23.0. The van der Waals surface area contributed by atoms with Crippen LogP contribution in [0.5, 0.6) is 11.5 Å². The van der Waals surface area contributed by atoms with Gasteiger partial charge in [-0.25, -0.2) is 5.84 Å². The predicted molar refractivity (Wildman–Crippen MR) is 163 cm³/mol. The summed E-state index contributed by atoms with van der Waals surface area (Å²) >= 11 is 0. The molecule has 41 heavy (non-hydrogen) atoms. The fourth-order valence-corrected chi connectivity index (χ4v) is 4.75. The molecule has 5 rings (SSSR count). The number of hydrazine groups is 1. The number of pyridine rings is 1. The summed E-state index contributed by atoms with van der Waals surface area (Å²) < 4.78 is 7.80. The Labute approximate surface area is 237 Å². The number of nitrogens with one attached hydrogen (secondary N) is 2. The molecule has 206 valence electrons. The number of ether oxygens (including phenoxy) is 1. The van der Waals surface area contributed by atoms with E-state index in [1.807, 2.05) is 55.5 Å². The van der Waals surface area contributed by atoms with Crippen molar-refractivity contribution in [3.63, 3.8) is 0 Å². The van der Waals surface area contributed by atoms with Gasteiger partial charge in [0.25, 0.3) is 11.5 Å². The lowest BCUT2D eigenvalue weighted by atomic mass is 10.0. The second-order valence-corrected chi connectivity index (χ2v) is 9.61. The maximum Gasteiger partial charge on any atom is 0.268 e. The van der Waals surface area contributed by atoms with Crippen LogP contribution in [0.4, 0.5) is 11.4 Å². The minimum atomic E-state index is -0.481. The Morgan fingerprint density at radius 3 is 2.46 bits per heavy atom. The molecule has 4 N–H and O–H groups in total. The Balaban J connectivity index is 1.41. The van der Waals surface area contributed by atoms with E-state index < -0.39 is 5.91 Å². The van der Waals surface area contributed by atoms with Crippen LogP contribution >= 0.6 is 0 Å². The van der Waals surface area contributed by atoms with Crippen LogP contribution in [0.25, 0.3) is 22.9 Å². The van der Waals surface area contributed by atoms with Gasteiger partial charge in [-0.1, -0.05) is 30.9 Å². The number of para-hydroxylation sites is 1. The topological polar surface area (TPSA) is 118 Å². The number of hydrogen-bond acceptors (Lipinski definition) is 6. The summed E-state index contributed by atoms with van der Waals surface area (Å²) in [5, 5.41) is 11.3. The first kappa shape index (κ1) is 27.2. The fraction of sp³-hybridized carbons (Fsp3) is 0.0938. The summed E-state index contributed by atoms with van der Waals surface area (Å²) in [6.07, 6.45) is 5.18. The van der Waals surface area contributed by atoms with Gasteiger partial charge in [0.05, 0.1) is 11.9 Å². The van der Waals surface area contributed by atoms with Gasteiger partial charge < -0.3 is 15.1 Å². The zero-order chi connectivity index (χ0) is 29.1. The molecular weight excluding hydrogens is 516 g/mol. The van der Waals surface area contributed by atoms with Crippen LogP contribution in [-0.2, 0) is 0 Å². The van der Waals surface area contributed by atoms with E-state index in [0.717, 1.165) is 28.1 Å². The third-order valence-corrected chi connectivity index (χ3v) is 6.71. The van der Waals surface area contributed by atoms with Gasteiger partial charge in [0, 0.05) is 47.0 Å². The Bertz CT molecular complexity index is 1770. The van der Waals surface area contributed by atoms with E-state index in [1.165, 1.54) is 5.01 Å². The summed E-state index contributed by atoms with van der Waals surface area (Å²) in [5.41, 5.74) is 5.49. The molecule has 0 aliphatic rings. The highest BCUT2D eigenvalue weighted by Gasteiger charge is 2.19. The average Bonchev–Trinajstić information content (AvgIpc) is 3.49. The van der Waals surface area contributed by atoms with Gasteiger partial charge in [0.15, 0.2) is 0 Å². The smallest absolute Gasteiger partial charge is 0.268 e. The normalized spacial score (nSPS) is 10.7. The van der Waals surface area contributed by atoms with Crippen LogP contribution < -0.4 is 26.5 Å². The van der Waals surface area contributed by atoms with Crippen molar-refractivity contribution in [3.8, 4) is 28.3 Å². The van der Waals surface area contributed by atoms with Crippen LogP contribution in [0, 0.1) is 13.8 Å². The molecular formula is C32H30N6O3. The molecule has 0 spiro atoms. The first-order valence-electron chi connectivity index (χ1n) is 12.9. The SMILES string of the molecule is C=Cc1cc(Oc2ccc(NC(=O)c3c(C)cc(C)n(-c4ccccc4)c3=O)cc2)c(-c2cn[nH]c2)cc1N(C)N. The van der Waals surface area contributed by atoms with Gasteiger partial charge in [-0.15, -0.1) is 0 Å². The molecule has 0 aliphatic heterocycles. The van der Waals surface area contributed by atoms with Gasteiger partial charge >= 0.3 is 0 Å². The number of carbonyl (C=O) groups excluding carboxylic acids is 1. The van der Waals surface area contributed by atoms with E-state index in [4.69, 9.17) is 10.6 Å². The van der Waals surface area contributed by atoms with Gasteiger partial charge in [0.1, 0.15) is 17.1 Å². The first-order valence-corrected chi connectivity index (χ1v) is 12.9. The van der Waals surface area contributed by atoms with E-state index in [1.54, 1.807) is 61.3 Å². The lowest BCUT2D eigenvalue weighted by molar-refractivity contribution is 0.102. The minimum absolute atomic E-state index is 0.0893. The van der Waals surface area contributed by atoms with Crippen molar-refractivity contribution in [2.24, 2.45) is 5.84 Å². The number of anilines is 2. The highest BCUT2D eigenvalue weighted by molar-refractivity contribution is 6.05. The third-order valence-electron chi connectivity index (χ3n) is 6.71. The molecule has 9 heteroatoms. The first-order chi connectivity index (χ1) is 19.8. The predicted octanol–water partition coefficient (Wildman–Crippen LogP) is 5.84. The lowest BCUT2D eigenvalue weighted by Crippen LogP contribution is -2.31. The second-order valence-electron chi connectivity index (χ2n) is 9.61. The molecule has 3 aromatic carbocycles. The van der Waals surface area contributed by atoms with Crippen molar-refractivity contribution in [2.45, 2.75) is 13.8 Å². The number of carbonyl (C=O) groups is 1. The van der Waals surface area contributed by atoms with E-state index in [-0.39, 0.29) is 11.1 Å². The summed E-state index contributed by atoms with van der Waals surface area (Å²) in [6.45, 7) is 7.51. The van der Waals surface area contributed by atoms with Gasteiger partial charge in [-0.3, -0.25) is 19.3 Å². The van der Waals surface area contributed by atoms with Crippen LogP contribution in [0.1, 0.15) is 27.2 Å². The second kappa shape index (κ2) is 11.4. The number of aryl methyl sites for hydroxylation is 2. The highest BCUT2D eigenvalue weighted by atomic mass is 16.5. The van der Waals surface area contributed by atoms with E-state index in [2.05, 4.69) is 22.1 Å². The number of nitrogens with two attached hydrogens (primary N) is 1. The lowest BCUT2D eigenvalue weighted by Gasteiger charge is -2.19. The maximum absolute atomic E-state index is 13.4. The van der Waals surface area contributed by atoms with Crippen LogP contribution in [0.15, 0.2) is 96.6 Å². The van der Waals surface area contributed by atoms with E-state index >= 15 is 0 Å². The number of rotatable bonds is 8. The minimum Gasteiger partial charge on any atom is -0.457 e. The van der Waals surface area contributed by atoms with Crippen molar-refractivity contribution in [1.82, 2.24) is 14.8 Å². The van der Waals surface area contributed by atoms with Crippen molar-refractivity contribution < 1.29 is 9.53 Å². The van der Waals surface area contributed by atoms with Crippen molar-refractivity contribution in [2.75, 3.05) is 17.4 Å². The van der Waals surface area contributed by atoms with E-state index in [0.29, 0.717) is 28.4 Å². The number of H-pyrrole nitrogens is 1. The number of benzene rings is 3. The zero-order valence-corrected chi connectivity index (χ0v) is 23.0. The molecule has 9 nitrogen and oxygen atoms in total. The summed E-state index contributed by atoms with van der Waals surface area (Å²) in [4.78, 5) is 26.7. The molecule has 0 fully saturated rings. The van der Waals surface area contributed by atoms with Crippen LogP contribution in [0.2, 0.25) is 0 Å². The number of amides is 1. The number of aromatic nitrogens is 3. The van der Waals surface area contributed by atoms with Crippen molar-refractivity contribution in [3.05, 3.63) is 125 Å². The Morgan fingerprint density at radius 1 is 1.10 bits per heavy atom. The number of hydrogen-bond donors (Lipinski definition) is 3. The molecule has 1 amide bonds. The monoisotopic (exact) mass is 546 g/mol. The fourth-order valence-electron chi connectivity index (χ4n) is 4.75. The van der Waals surface area contributed by atoms with Crippen molar-refractivity contribution >= 4 is 23.4 Å². The molecule has 0 saturated heterocycles. The maximum atomic E-state index is 13.4. The van der Waals surface area contributed by atoms with Crippen molar-refractivity contribution in [1.29, 1.82) is 0 Å². The third kappa shape index (κ3) is 5.52. The van der Waals surface area contributed by atoms with Crippen LogP contribution in [-0.4, -0.2) is 27.7 Å². The Hall–Kier alpha value is -5.41. The summed E-state index contributed by atoms with van der Waals surface area (Å²) in [6, 6.07) is 21.8. The standard InChI is InChI=1S/C32H30N6O3/c1-5-22-16-29(27(17-28(22)37(4)33)23-18-34-35-19-23)41-26-13-11-24(12-14-26)36-31(39)30-20(2)15-21(3)38(32(30)40)25-9-7-6-8-10-25/h5-19H,1,33H2,2-4H3,(H,34,35)(H,36,39). The van der Waals surface area contributed by atoms with E-state index in [9.17, 15) is 9.59 Å². The highest BCUT2D eigenvalue weighted by Crippen LogP contribution is 2.38. The Morgan fingerprint density at radius 2 is 1.83 bits per heavy atom. The largest absolute Gasteiger partial charge is 0.457 e. The quantitative estimate of drug-likeness (QED) is 0.166. The van der Waals surface area contributed by atoms with Gasteiger partial charge in [0.2, 0.25) is 0 Å². The molecule has 0 unspecified atom stereocenters. The van der Waals surface area contributed by atoms with Gasteiger partial charge in [-0.2, -0.15) is 5.10 Å². The average molecular weight is 547 g/mol. The molecule has 2 heterocycles. The molecule has 0 radical (unpaired) electrons. The summed E-state index contributed by atoms with van der Waals surface area (Å²) in [5.74, 6) is 6.70. The Kier molecular flexibility index (Phi) is 7.53. The summed E-state index contributed by atoms with van der Waals surface area (Å²) in [7, 11) is 1.75. The number of nitrogens with zero attached hydrogens (tertiary/aromatic N) is 3. The molecule has 0 saturated carbocycles. The molecule has 0 atom stereocenters. The van der Waals surface area contributed by atoms with Gasteiger partial charge in [-0.05, 0) is 74.0 Å². The van der Waals surface area contributed by atoms with Crippen LogP contribution in [0.3, 0.4) is 0 Å². The molecule has 0 aliphatic carbocycles. The number of aromatic amines is 1. The molecule has 5 aromatic rings. The molecule has 0 bridgehead atoms.